The standard InChI is InChI=1S/C18H25N5O3/c1-14(13-23-8-3-7-20-23)21-18(25)22-9-5-15(6-10-22)17(24)19-12-16-4-2-11-26-16/h2-4,7-8,11,14-15H,5-6,9-10,12-13H2,1H3,(H,19,24)(H,21,25). The van der Waals surface area contributed by atoms with Crippen molar-refractivity contribution in [3.63, 3.8) is 0 Å². The number of piperidine rings is 1. The van der Waals surface area contributed by atoms with Crippen LogP contribution in [-0.2, 0) is 17.9 Å². The van der Waals surface area contributed by atoms with Gasteiger partial charge in [-0.05, 0) is 38.0 Å². The number of hydrogen-bond acceptors (Lipinski definition) is 4. The number of carbonyl (C=O) groups excluding carboxylic acids is 2. The molecule has 3 amide bonds. The van der Waals surface area contributed by atoms with Crippen LogP contribution in [0.5, 0.6) is 0 Å². The molecular weight excluding hydrogens is 334 g/mol. The van der Waals surface area contributed by atoms with Crippen molar-refractivity contribution in [1.82, 2.24) is 25.3 Å². The fourth-order valence-electron chi connectivity index (χ4n) is 3.11. The zero-order valence-electron chi connectivity index (χ0n) is 14.9. The minimum Gasteiger partial charge on any atom is -0.467 e. The number of likely N-dealkylation sites (tertiary alicyclic amines) is 1. The summed E-state index contributed by atoms with van der Waals surface area (Å²) in [6.45, 7) is 4.15. The number of nitrogens with one attached hydrogen (secondary N) is 2. The van der Waals surface area contributed by atoms with Crippen molar-refractivity contribution in [3.05, 3.63) is 42.6 Å². The van der Waals surface area contributed by atoms with Crippen LogP contribution in [0, 0.1) is 5.92 Å². The van der Waals surface area contributed by atoms with Crippen LogP contribution in [0.15, 0.2) is 41.3 Å². The summed E-state index contributed by atoms with van der Waals surface area (Å²) in [6.07, 6.45) is 6.52. The molecule has 8 nitrogen and oxygen atoms in total. The number of furan rings is 1. The molecule has 1 unspecified atom stereocenters. The van der Waals surface area contributed by atoms with Gasteiger partial charge in [-0.3, -0.25) is 9.48 Å². The number of carbonyl (C=O) groups is 2. The van der Waals surface area contributed by atoms with E-state index in [0.29, 0.717) is 39.0 Å². The average Bonchev–Trinajstić information content (AvgIpc) is 3.33. The molecule has 0 bridgehead atoms. The summed E-state index contributed by atoms with van der Waals surface area (Å²) in [7, 11) is 0. The fraction of sp³-hybridized carbons (Fsp3) is 0.500. The minimum atomic E-state index is -0.0842. The Bertz CT molecular complexity index is 690. The maximum atomic E-state index is 12.4. The van der Waals surface area contributed by atoms with Crippen LogP contribution in [-0.4, -0.2) is 45.8 Å². The van der Waals surface area contributed by atoms with Crippen LogP contribution in [0.1, 0.15) is 25.5 Å². The normalized spacial score (nSPS) is 16.3. The molecule has 0 spiro atoms. The quantitative estimate of drug-likeness (QED) is 0.819. The largest absolute Gasteiger partial charge is 0.467 e. The Morgan fingerprint density at radius 1 is 1.35 bits per heavy atom. The topological polar surface area (TPSA) is 92.4 Å². The van der Waals surface area contributed by atoms with Crippen LogP contribution in [0.25, 0.3) is 0 Å². The molecule has 1 fully saturated rings. The molecule has 1 atom stereocenters. The first kappa shape index (κ1) is 18.0. The summed E-state index contributed by atoms with van der Waals surface area (Å²) < 4.78 is 7.00. The molecule has 0 aliphatic carbocycles. The van der Waals surface area contributed by atoms with Crippen LogP contribution in [0.3, 0.4) is 0 Å². The van der Waals surface area contributed by atoms with E-state index in [1.165, 1.54) is 0 Å². The van der Waals surface area contributed by atoms with Crippen molar-refractivity contribution in [2.75, 3.05) is 13.1 Å². The lowest BCUT2D eigenvalue weighted by Crippen LogP contribution is -2.49. The SMILES string of the molecule is CC(Cn1cccn1)NC(=O)N1CCC(C(=O)NCc2ccco2)CC1. The van der Waals surface area contributed by atoms with E-state index < -0.39 is 0 Å². The van der Waals surface area contributed by atoms with Gasteiger partial charge in [-0.2, -0.15) is 5.10 Å². The first-order chi connectivity index (χ1) is 12.6. The zero-order valence-corrected chi connectivity index (χ0v) is 14.9. The first-order valence-electron chi connectivity index (χ1n) is 8.95. The molecule has 3 rings (SSSR count). The van der Waals surface area contributed by atoms with Crippen molar-refractivity contribution >= 4 is 11.9 Å². The van der Waals surface area contributed by atoms with Gasteiger partial charge in [0, 0.05) is 37.4 Å². The number of nitrogens with zero attached hydrogens (tertiary/aromatic N) is 3. The van der Waals surface area contributed by atoms with E-state index in [1.54, 1.807) is 28.1 Å². The van der Waals surface area contributed by atoms with E-state index in [2.05, 4.69) is 15.7 Å². The van der Waals surface area contributed by atoms with Crippen molar-refractivity contribution < 1.29 is 14.0 Å². The maximum Gasteiger partial charge on any atom is 0.317 e. The number of rotatable bonds is 6. The third kappa shape index (κ3) is 4.87. The second-order valence-electron chi connectivity index (χ2n) is 6.64. The molecule has 2 aromatic heterocycles. The fourth-order valence-corrected chi connectivity index (χ4v) is 3.11. The van der Waals surface area contributed by atoms with Crippen molar-refractivity contribution in [3.8, 4) is 0 Å². The number of aromatic nitrogens is 2. The zero-order chi connectivity index (χ0) is 18.4. The summed E-state index contributed by atoms with van der Waals surface area (Å²) >= 11 is 0. The predicted molar refractivity (Wildman–Crippen MR) is 95.1 cm³/mol. The molecule has 1 aliphatic rings. The van der Waals surface area contributed by atoms with Crippen molar-refractivity contribution in [1.29, 1.82) is 0 Å². The Morgan fingerprint density at radius 2 is 2.15 bits per heavy atom. The van der Waals surface area contributed by atoms with Gasteiger partial charge in [-0.15, -0.1) is 0 Å². The van der Waals surface area contributed by atoms with Gasteiger partial charge < -0.3 is 20.0 Å². The van der Waals surface area contributed by atoms with Gasteiger partial charge in [0.25, 0.3) is 0 Å². The van der Waals surface area contributed by atoms with Crippen molar-refractivity contribution in [2.24, 2.45) is 5.92 Å². The second kappa shape index (κ2) is 8.55. The van der Waals surface area contributed by atoms with Gasteiger partial charge in [0.1, 0.15) is 5.76 Å². The highest BCUT2D eigenvalue weighted by atomic mass is 16.3. The Kier molecular flexibility index (Phi) is 5.93. The van der Waals surface area contributed by atoms with Gasteiger partial charge in [0.2, 0.25) is 5.91 Å². The summed E-state index contributed by atoms with van der Waals surface area (Å²) in [5, 5.41) is 10.0. The molecule has 3 heterocycles. The van der Waals surface area contributed by atoms with Crippen LogP contribution in [0.4, 0.5) is 4.79 Å². The Hall–Kier alpha value is -2.77. The Balaban J connectivity index is 1.38. The van der Waals surface area contributed by atoms with Crippen LogP contribution in [0.2, 0.25) is 0 Å². The van der Waals surface area contributed by atoms with Gasteiger partial charge in [0.05, 0.1) is 19.4 Å². The lowest BCUT2D eigenvalue weighted by Gasteiger charge is -2.32. The van der Waals surface area contributed by atoms with Crippen molar-refractivity contribution in [2.45, 2.75) is 38.9 Å². The molecule has 1 aliphatic heterocycles. The van der Waals surface area contributed by atoms with Gasteiger partial charge >= 0.3 is 6.03 Å². The van der Waals surface area contributed by atoms with E-state index in [4.69, 9.17) is 4.42 Å². The van der Waals surface area contributed by atoms with E-state index >= 15 is 0 Å². The molecule has 0 radical (unpaired) electrons. The lowest BCUT2D eigenvalue weighted by atomic mass is 9.96. The van der Waals surface area contributed by atoms with Crippen LogP contribution < -0.4 is 10.6 Å². The summed E-state index contributed by atoms with van der Waals surface area (Å²) in [5.41, 5.74) is 0. The third-order valence-electron chi connectivity index (χ3n) is 4.56. The smallest absolute Gasteiger partial charge is 0.317 e. The molecule has 26 heavy (non-hydrogen) atoms. The molecule has 0 aromatic carbocycles. The highest BCUT2D eigenvalue weighted by Gasteiger charge is 2.27. The molecule has 2 N–H and O–H groups in total. The molecule has 2 aromatic rings. The van der Waals surface area contributed by atoms with E-state index in [0.717, 1.165) is 5.76 Å². The average molecular weight is 359 g/mol. The van der Waals surface area contributed by atoms with Gasteiger partial charge in [0.15, 0.2) is 0 Å². The molecule has 8 heteroatoms. The molecular formula is C18H25N5O3. The first-order valence-corrected chi connectivity index (χ1v) is 8.95. The second-order valence-corrected chi connectivity index (χ2v) is 6.64. The number of urea groups is 1. The predicted octanol–water partition coefficient (Wildman–Crippen LogP) is 1.60. The lowest BCUT2D eigenvalue weighted by molar-refractivity contribution is -0.126. The highest BCUT2D eigenvalue weighted by molar-refractivity contribution is 5.79. The third-order valence-corrected chi connectivity index (χ3v) is 4.56. The van der Waals surface area contributed by atoms with E-state index in [-0.39, 0.29) is 23.9 Å². The molecule has 0 saturated carbocycles. The number of amides is 3. The monoisotopic (exact) mass is 359 g/mol. The maximum absolute atomic E-state index is 12.4. The Labute approximate surface area is 152 Å². The van der Waals surface area contributed by atoms with Gasteiger partial charge in [-0.1, -0.05) is 0 Å². The summed E-state index contributed by atoms with van der Waals surface area (Å²) in [4.78, 5) is 26.4. The van der Waals surface area contributed by atoms with E-state index in [1.807, 2.05) is 25.3 Å². The summed E-state index contributed by atoms with van der Waals surface area (Å²) in [5.74, 6) is 0.699. The highest BCUT2D eigenvalue weighted by Crippen LogP contribution is 2.17. The number of hydrogen-bond donors (Lipinski definition) is 2. The molecule has 1 saturated heterocycles. The van der Waals surface area contributed by atoms with Crippen LogP contribution >= 0.6 is 0 Å². The minimum absolute atomic E-state index is 0.0169. The summed E-state index contributed by atoms with van der Waals surface area (Å²) in [6, 6.07) is 5.38. The Morgan fingerprint density at radius 3 is 2.81 bits per heavy atom. The van der Waals surface area contributed by atoms with Gasteiger partial charge in [-0.25, -0.2) is 4.79 Å². The molecule has 140 valence electrons. The van der Waals surface area contributed by atoms with E-state index in [9.17, 15) is 9.59 Å².